The largest absolute Gasteiger partial charge is 0.394 e. The van der Waals surface area contributed by atoms with Crippen LogP contribution in [-0.2, 0) is 10.3 Å². The molecule has 5 N–H and O–H groups in total. The van der Waals surface area contributed by atoms with Gasteiger partial charge in [0.2, 0.25) is 0 Å². The van der Waals surface area contributed by atoms with Crippen LogP contribution in [0.25, 0.3) is 5.52 Å². The molecule has 118 valence electrons. The van der Waals surface area contributed by atoms with Gasteiger partial charge in [-0.3, -0.25) is 0 Å². The van der Waals surface area contributed by atoms with E-state index in [-0.39, 0.29) is 5.82 Å². The minimum atomic E-state index is -1.39. The van der Waals surface area contributed by atoms with Crippen LogP contribution in [0.3, 0.4) is 0 Å². The van der Waals surface area contributed by atoms with Gasteiger partial charge in [0.25, 0.3) is 0 Å². The predicted octanol–water partition coefficient (Wildman–Crippen LogP) is -0.804. The first-order valence-corrected chi connectivity index (χ1v) is 6.83. The normalized spacial score (nSPS) is 31.7. The molecule has 1 saturated heterocycles. The third-order valence-electron chi connectivity index (χ3n) is 4.13. The Kier molecular flexibility index (Phi) is 3.41. The van der Waals surface area contributed by atoms with Crippen LogP contribution in [0, 0.1) is 0 Å². The van der Waals surface area contributed by atoms with Crippen LogP contribution < -0.4 is 5.73 Å². The highest BCUT2D eigenvalue weighted by molar-refractivity contribution is 5.66. The summed E-state index contributed by atoms with van der Waals surface area (Å²) >= 11 is 0. The highest BCUT2D eigenvalue weighted by Crippen LogP contribution is 2.45. The average molecular weight is 306 g/mol. The second kappa shape index (κ2) is 5.03. The van der Waals surface area contributed by atoms with Gasteiger partial charge in [0.05, 0.1) is 12.3 Å². The Morgan fingerprint density at radius 1 is 1.50 bits per heavy atom. The van der Waals surface area contributed by atoms with Gasteiger partial charge < -0.3 is 25.8 Å². The van der Waals surface area contributed by atoms with Gasteiger partial charge in [-0.05, 0) is 24.6 Å². The molecule has 0 spiro atoms. The molecule has 3 rings (SSSR count). The molecule has 0 amide bonds. The van der Waals surface area contributed by atoms with Crippen molar-refractivity contribution < 1.29 is 20.1 Å². The zero-order valence-corrected chi connectivity index (χ0v) is 12.0. The molecule has 0 saturated carbocycles. The van der Waals surface area contributed by atoms with Gasteiger partial charge in [0, 0.05) is 0 Å². The number of aliphatic hydroxyl groups is 3. The zero-order valence-electron chi connectivity index (χ0n) is 12.0. The van der Waals surface area contributed by atoms with Crippen molar-refractivity contribution >= 4 is 11.3 Å². The van der Waals surface area contributed by atoms with E-state index in [1.807, 2.05) is 0 Å². The van der Waals surface area contributed by atoms with Crippen LogP contribution in [0.5, 0.6) is 0 Å². The highest BCUT2D eigenvalue weighted by atomic mass is 16.6. The third-order valence-corrected chi connectivity index (χ3v) is 4.13. The first-order valence-electron chi connectivity index (χ1n) is 6.83. The van der Waals surface area contributed by atoms with Gasteiger partial charge in [0.1, 0.15) is 30.2 Å². The van der Waals surface area contributed by atoms with Crippen molar-refractivity contribution in [1.29, 1.82) is 0 Å². The Morgan fingerprint density at radius 3 is 2.82 bits per heavy atom. The fourth-order valence-corrected chi connectivity index (χ4v) is 2.98. The molecule has 8 heteroatoms. The molecule has 2 aromatic heterocycles. The summed E-state index contributed by atoms with van der Waals surface area (Å²) < 4.78 is 7.30. The number of nitrogens with zero attached hydrogens (tertiary/aromatic N) is 3. The quantitative estimate of drug-likeness (QED) is 0.547. The van der Waals surface area contributed by atoms with E-state index in [1.54, 1.807) is 19.1 Å². The molecule has 1 aliphatic heterocycles. The van der Waals surface area contributed by atoms with Gasteiger partial charge in [-0.1, -0.05) is 6.58 Å². The van der Waals surface area contributed by atoms with Crippen LogP contribution in [0.2, 0.25) is 0 Å². The van der Waals surface area contributed by atoms with E-state index in [1.165, 1.54) is 10.8 Å². The molecular formula is C14H18N4O4. The molecule has 4 atom stereocenters. The molecule has 8 nitrogen and oxygen atoms in total. The number of rotatable bonds is 3. The van der Waals surface area contributed by atoms with Crippen LogP contribution in [-0.4, -0.2) is 54.8 Å². The SMILES string of the molecule is C=C(C)[C@@]1(c2ccc3c(N)ncnn23)O[C@H](CO)[C@@H](O)[C@H]1O. The molecular weight excluding hydrogens is 288 g/mol. The lowest BCUT2D eigenvalue weighted by molar-refractivity contribution is -0.0764. The summed E-state index contributed by atoms with van der Waals surface area (Å²) in [7, 11) is 0. The van der Waals surface area contributed by atoms with E-state index in [9.17, 15) is 15.3 Å². The molecule has 22 heavy (non-hydrogen) atoms. The third kappa shape index (κ3) is 1.78. The lowest BCUT2D eigenvalue weighted by atomic mass is 9.85. The maximum atomic E-state index is 10.5. The summed E-state index contributed by atoms with van der Waals surface area (Å²) in [4.78, 5) is 3.91. The summed E-state index contributed by atoms with van der Waals surface area (Å²) in [5.41, 5.74) is 5.92. The topological polar surface area (TPSA) is 126 Å². The molecule has 0 aromatic carbocycles. The maximum Gasteiger partial charge on any atom is 0.159 e. The second-order valence-electron chi connectivity index (χ2n) is 5.45. The molecule has 0 bridgehead atoms. The Hall–Kier alpha value is -2.00. The number of hydrogen-bond donors (Lipinski definition) is 4. The summed E-state index contributed by atoms with van der Waals surface area (Å²) in [6, 6.07) is 3.38. The molecule has 1 fully saturated rings. The molecule has 1 aliphatic rings. The van der Waals surface area contributed by atoms with E-state index in [0.29, 0.717) is 16.8 Å². The van der Waals surface area contributed by atoms with Crippen LogP contribution >= 0.6 is 0 Å². The Balaban J connectivity index is 2.24. The highest BCUT2D eigenvalue weighted by Gasteiger charge is 2.57. The van der Waals surface area contributed by atoms with Crippen LogP contribution in [0.4, 0.5) is 5.82 Å². The van der Waals surface area contributed by atoms with Gasteiger partial charge in [0.15, 0.2) is 11.4 Å². The first-order chi connectivity index (χ1) is 10.4. The molecule has 0 unspecified atom stereocenters. The fourth-order valence-electron chi connectivity index (χ4n) is 2.98. The van der Waals surface area contributed by atoms with Gasteiger partial charge in [-0.15, -0.1) is 0 Å². The number of fused-ring (bicyclic) bond motifs is 1. The molecule has 2 aromatic rings. The van der Waals surface area contributed by atoms with Crippen molar-refractivity contribution in [2.24, 2.45) is 0 Å². The van der Waals surface area contributed by atoms with Gasteiger partial charge in [-0.2, -0.15) is 5.10 Å². The number of nitrogen functional groups attached to an aromatic ring is 1. The van der Waals surface area contributed by atoms with E-state index in [2.05, 4.69) is 16.7 Å². The van der Waals surface area contributed by atoms with E-state index in [0.717, 1.165) is 0 Å². The van der Waals surface area contributed by atoms with Crippen molar-refractivity contribution in [1.82, 2.24) is 14.6 Å². The first kappa shape index (κ1) is 14.9. The maximum absolute atomic E-state index is 10.5. The van der Waals surface area contributed by atoms with Crippen molar-refractivity contribution in [2.45, 2.75) is 30.8 Å². The minimum Gasteiger partial charge on any atom is -0.394 e. The van der Waals surface area contributed by atoms with E-state index >= 15 is 0 Å². The number of aromatic nitrogens is 3. The lowest BCUT2D eigenvalue weighted by Crippen LogP contribution is -2.42. The van der Waals surface area contributed by atoms with Crippen molar-refractivity contribution in [3.63, 3.8) is 0 Å². The fraction of sp³-hybridized carbons (Fsp3) is 0.429. The summed E-state index contributed by atoms with van der Waals surface area (Å²) in [6.45, 7) is 5.14. The number of hydrogen-bond acceptors (Lipinski definition) is 7. The van der Waals surface area contributed by atoms with Crippen molar-refractivity contribution in [3.8, 4) is 0 Å². The van der Waals surface area contributed by atoms with Crippen LogP contribution in [0.15, 0.2) is 30.6 Å². The minimum absolute atomic E-state index is 0.282. The number of nitrogens with two attached hydrogens (primary N) is 1. The van der Waals surface area contributed by atoms with E-state index in [4.69, 9.17) is 10.5 Å². The summed E-state index contributed by atoms with van der Waals surface area (Å²) in [6.07, 6.45) is -2.17. The number of anilines is 1. The average Bonchev–Trinajstić information content (AvgIpc) is 3.02. The summed E-state index contributed by atoms with van der Waals surface area (Å²) in [5, 5.41) is 34.1. The van der Waals surface area contributed by atoms with Crippen molar-refractivity contribution in [2.75, 3.05) is 12.3 Å². The standard InChI is InChI=1S/C14H18N4O4/c1-7(2)14(12(21)11(20)9(5-19)22-14)10-4-3-8-13(15)16-6-17-18(8)10/h3-4,6,9,11-12,19-21H,1,5H2,2H3,(H2,15,16,17)/t9-,11-,12-,14+/m1/s1. The zero-order chi connectivity index (χ0) is 16.1. The van der Waals surface area contributed by atoms with E-state index < -0.39 is 30.5 Å². The monoisotopic (exact) mass is 306 g/mol. The Morgan fingerprint density at radius 2 is 2.23 bits per heavy atom. The Labute approximate surface area is 126 Å². The van der Waals surface area contributed by atoms with Crippen LogP contribution in [0.1, 0.15) is 12.6 Å². The molecule has 0 aliphatic carbocycles. The summed E-state index contributed by atoms with van der Waals surface area (Å²) in [5.74, 6) is 0.282. The van der Waals surface area contributed by atoms with Crippen molar-refractivity contribution in [3.05, 3.63) is 36.3 Å². The second-order valence-corrected chi connectivity index (χ2v) is 5.45. The van der Waals surface area contributed by atoms with Gasteiger partial charge >= 0.3 is 0 Å². The van der Waals surface area contributed by atoms with Gasteiger partial charge in [-0.25, -0.2) is 9.50 Å². The number of aliphatic hydroxyl groups excluding tert-OH is 3. The number of ether oxygens (including phenoxy) is 1. The Bertz CT molecular complexity index is 731. The molecule has 3 heterocycles. The predicted molar refractivity (Wildman–Crippen MR) is 77.9 cm³/mol. The smallest absolute Gasteiger partial charge is 0.159 e. The lowest BCUT2D eigenvalue weighted by Gasteiger charge is -2.32. The molecule has 0 radical (unpaired) electrons.